The van der Waals surface area contributed by atoms with E-state index in [1.54, 1.807) is 12.1 Å². The maximum Gasteiger partial charge on any atom is 0.416 e. The molecule has 0 amide bonds. The van der Waals surface area contributed by atoms with Crippen LogP contribution >= 0.6 is 0 Å². The lowest BCUT2D eigenvalue weighted by molar-refractivity contribution is -0.137. The van der Waals surface area contributed by atoms with Gasteiger partial charge in [-0.15, -0.1) is 0 Å². The van der Waals surface area contributed by atoms with Gasteiger partial charge in [-0.25, -0.2) is 0 Å². The highest BCUT2D eigenvalue weighted by Gasteiger charge is 2.29. The van der Waals surface area contributed by atoms with Crippen LogP contribution in [0.2, 0.25) is 0 Å². The number of hydrogen-bond donors (Lipinski definition) is 1. The van der Waals surface area contributed by atoms with Gasteiger partial charge < -0.3 is 5.32 Å². The van der Waals surface area contributed by atoms with Gasteiger partial charge in [0.25, 0.3) is 0 Å². The van der Waals surface area contributed by atoms with Crippen LogP contribution in [0.25, 0.3) is 0 Å². The highest BCUT2D eigenvalue weighted by atomic mass is 19.4. The van der Waals surface area contributed by atoms with Crippen LogP contribution < -0.4 is 5.32 Å². The topological polar surface area (TPSA) is 12.0 Å². The molecule has 0 radical (unpaired) electrons. The molecule has 0 aliphatic carbocycles. The third kappa shape index (κ3) is 6.98. The number of benzene rings is 1. The molecule has 1 unspecified atom stereocenters. The van der Waals surface area contributed by atoms with Crippen LogP contribution in [0.5, 0.6) is 0 Å². The Morgan fingerprint density at radius 2 is 1.71 bits per heavy atom. The highest BCUT2D eigenvalue weighted by Crippen LogP contribution is 2.29. The second kappa shape index (κ2) is 8.42. The van der Waals surface area contributed by atoms with Crippen LogP contribution in [0.4, 0.5) is 13.2 Å². The number of rotatable bonds is 8. The van der Waals surface area contributed by atoms with Gasteiger partial charge in [-0.1, -0.05) is 32.9 Å². The zero-order chi connectivity index (χ0) is 15.9. The fourth-order valence-corrected chi connectivity index (χ4v) is 2.42. The summed E-state index contributed by atoms with van der Waals surface area (Å²) in [6, 6.07) is 5.97. The number of aryl methyl sites for hydroxylation is 1. The average molecular weight is 301 g/mol. The standard InChI is InChI=1S/C17H26F3N/c1-4-11-21-16(12-13(2)3)10-7-14-5-8-15(9-6-14)17(18,19)20/h5-6,8-9,13,16,21H,4,7,10-12H2,1-3H3. The van der Waals surface area contributed by atoms with Crippen LogP contribution in [0.3, 0.4) is 0 Å². The fraction of sp³-hybridized carbons (Fsp3) is 0.647. The molecule has 0 aromatic heterocycles. The maximum atomic E-state index is 12.5. The molecule has 0 aliphatic rings. The minimum absolute atomic E-state index is 0.437. The summed E-state index contributed by atoms with van der Waals surface area (Å²) < 4.78 is 37.5. The van der Waals surface area contributed by atoms with Gasteiger partial charge in [0.15, 0.2) is 0 Å². The van der Waals surface area contributed by atoms with Gasteiger partial charge in [-0.2, -0.15) is 13.2 Å². The van der Waals surface area contributed by atoms with Crippen LogP contribution in [-0.2, 0) is 12.6 Å². The van der Waals surface area contributed by atoms with Crippen molar-refractivity contribution in [3.63, 3.8) is 0 Å². The lowest BCUT2D eigenvalue weighted by Crippen LogP contribution is -2.31. The van der Waals surface area contributed by atoms with Gasteiger partial charge in [-0.05, 0) is 55.8 Å². The molecule has 1 atom stereocenters. The third-order valence-corrected chi connectivity index (χ3v) is 3.50. The van der Waals surface area contributed by atoms with Crippen molar-refractivity contribution in [1.82, 2.24) is 5.32 Å². The van der Waals surface area contributed by atoms with E-state index >= 15 is 0 Å². The predicted molar refractivity (Wildman–Crippen MR) is 81.3 cm³/mol. The molecule has 0 aliphatic heterocycles. The van der Waals surface area contributed by atoms with Gasteiger partial charge >= 0.3 is 6.18 Å². The summed E-state index contributed by atoms with van der Waals surface area (Å²) in [6.07, 6.45) is -0.285. The Morgan fingerprint density at radius 1 is 1.10 bits per heavy atom. The van der Waals surface area contributed by atoms with E-state index in [9.17, 15) is 13.2 Å². The van der Waals surface area contributed by atoms with Crippen molar-refractivity contribution in [2.24, 2.45) is 5.92 Å². The van der Waals surface area contributed by atoms with Crippen LogP contribution in [0.15, 0.2) is 24.3 Å². The quantitative estimate of drug-likeness (QED) is 0.708. The molecule has 0 heterocycles. The summed E-state index contributed by atoms with van der Waals surface area (Å²) in [5.74, 6) is 0.618. The van der Waals surface area contributed by atoms with E-state index in [-0.39, 0.29) is 0 Å². The molecular formula is C17H26F3N. The predicted octanol–water partition coefficient (Wildman–Crippen LogP) is 5.05. The summed E-state index contributed by atoms with van der Waals surface area (Å²) in [6.45, 7) is 7.51. The second-order valence-corrected chi connectivity index (χ2v) is 6.01. The Bertz CT molecular complexity index is 395. The van der Waals surface area contributed by atoms with E-state index < -0.39 is 11.7 Å². The fourth-order valence-electron chi connectivity index (χ4n) is 2.42. The normalized spacial score (nSPS) is 13.7. The first-order chi connectivity index (χ1) is 9.82. The molecule has 0 bridgehead atoms. The minimum Gasteiger partial charge on any atom is -0.314 e. The van der Waals surface area contributed by atoms with E-state index in [0.717, 1.165) is 37.8 Å². The summed E-state index contributed by atoms with van der Waals surface area (Å²) in [5.41, 5.74) is 0.393. The van der Waals surface area contributed by atoms with E-state index in [2.05, 4.69) is 26.1 Å². The number of halogens is 3. The first-order valence-corrected chi connectivity index (χ1v) is 7.72. The van der Waals surface area contributed by atoms with Crippen molar-refractivity contribution in [2.45, 2.75) is 58.7 Å². The Kier molecular flexibility index (Phi) is 7.23. The molecule has 0 fully saturated rings. The summed E-state index contributed by atoms with van der Waals surface area (Å²) in [4.78, 5) is 0. The lowest BCUT2D eigenvalue weighted by atomic mass is 9.97. The molecule has 120 valence electrons. The molecule has 0 saturated carbocycles. The maximum absolute atomic E-state index is 12.5. The molecule has 1 rings (SSSR count). The SMILES string of the molecule is CCCNC(CCc1ccc(C(F)(F)F)cc1)CC(C)C. The van der Waals surface area contributed by atoms with Crippen molar-refractivity contribution < 1.29 is 13.2 Å². The van der Waals surface area contributed by atoms with Crippen molar-refractivity contribution in [2.75, 3.05) is 6.54 Å². The Balaban J connectivity index is 2.54. The van der Waals surface area contributed by atoms with Crippen LogP contribution in [-0.4, -0.2) is 12.6 Å². The van der Waals surface area contributed by atoms with E-state index in [1.165, 1.54) is 12.1 Å². The zero-order valence-electron chi connectivity index (χ0n) is 13.1. The van der Waals surface area contributed by atoms with Crippen LogP contribution in [0.1, 0.15) is 51.2 Å². The number of alkyl halides is 3. The molecule has 1 aromatic rings. The number of nitrogens with one attached hydrogen (secondary N) is 1. The van der Waals surface area contributed by atoms with E-state index in [0.29, 0.717) is 12.0 Å². The monoisotopic (exact) mass is 301 g/mol. The molecule has 0 spiro atoms. The molecule has 21 heavy (non-hydrogen) atoms. The van der Waals surface area contributed by atoms with Crippen LogP contribution in [0, 0.1) is 5.92 Å². The van der Waals surface area contributed by atoms with Gasteiger partial charge in [0.2, 0.25) is 0 Å². The summed E-state index contributed by atoms with van der Waals surface area (Å²) in [5, 5.41) is 3.53. The minimum atomic E-state index is -4.25. The smallest absolute Gasteiger partial charge is 0.314 e. The lowest BCUT2D eigenvalue weighted by Gasteiger charge is -2.20. The van der Waals surface area contributed by atoms with Gasteiger partial charge in [-0.3, -0.25) is 0 Å². The second-order valence-electron chi connectivity index (χ2n) is 6.01. The molecular weight excluding hydrogens is 275 g/mol. The van der Waals surface area contributed by atoms with Crippen molar-refractivity contribution in [3.8, 4) is 0 Å². The summed E-state index contributed by atoms with van der Waals surface area (Å²) in [7, 11) is 0. The van der Waals surface area contributed by atoms with Gasteiger partial charge in [0, 0.05) is 6.04 Å². The van der Waals surface area contributed by atoms with Crippen molar-refractivity contribution in [1.29, 1.82) is 0 Å². The highest BCUT2D eigenvalue weighted by molar-refractivity contribution is 5.24. The zero-order valence-corrected chi connectivity index (χ0v) is 13.1. The Hall–Kier alpha value is -1.03. The first kappa shape index (κ1) is 18.0. The largest absolute Gasteiger partial charge is 0.416 e. The first-order valence-electron chi connectivity index (χ1n) is 7.72. The molecule has 1 aromatic carbocycles. The molecule has 1 N–H and O–H groups in total. The summed E-state index contributed by atoms with van der Waals surface area (Å²) >= 11 is 0. The van der Waals surface area contributed by atoms with E-state index in [1.807, 2.05) is 0 Å². The Labute approximate surface area is 125 Å². The van der Waals surface area contributed by atoms with Gasteiger partial charge in [0.05, 0.1) is 5.56 Å². The van der Waals surface area contributed by atoms with Gasteiger partial charge in [0.1, 0.15) is 0 Å². The number of hydrogen-bond acceptors (Lipinski definition) is 1. The molecule has 0 saturated heterocycles. The van der Waals surface area contributed by atoms with Crippen molar-refractivity contribution >= 4 is 0 Å². The molecule has 4 heteroatoms. The third-order valence-electron chi connectivity index (χ3n) is 3.50. The average Bonchev–Trinajstić information content (AvgIpc) is 2.41. The Morgan fingerprint density at radius 3 is 2.19 bits per heavy atom. The van der Waals surface area contributed by atoms with Crippen molar-refractivity contribution in [3.05, 3.63) is 35.4 Å². The molecule has 1 nitrogen and oxygen atoms in total. The van der Waals surface area contributed by atoms with E-state index in [4.69, 9.17) is 0 Å².